The maximum atomic E-state index is 12.3. The van der Waals surface area contributed by atoms with Gasteiger partial charge in [-0.15, -0.1) is 0 Å². The van der Waals surface area contributed by atoms with Gasteiger partial charge in [-0.3, -0.25) is 9.69 Å². The standard InChI is InChI=1S/C19H28N4O3/c1-13(2)23(14(3)4)11-10-20-19(24)16-6-8-17(9-7-16)25-12-18-21-15(5)26-22-18/h6-9,13-14H,10-12H2,1-5H3,(H,20,24). The molecule has 0 saturated carbocycles. The van der Waals surface area contributed by atoms with Crippen LogP contribution in [0.4, 0.5) is 0 Å². The van der Waals surface area contributed by atoms with E-state index >= 15 is 0 Å². The molecule has 1 aromatic carbocycles. The molecular weight excluding hydrogens is 332 g/mol. The lowest BCUT2D eigenvalue weighted by atomic mass is 10.2. The van der Waals surface area contributed by atoms with Crippen LogP contribution in [-0.2, 0) is 6.61 Å². The summed E-state index contributed by atoms with van der Waals surface area (Å²) in [6, 6.07) is 7.91. The summed E-state index contributed by atoms with van der Waals surface area (Å²) in [5, 5.41) is 6.74. The predicted octanol–water partition coefficient (Wildman–Crippen LogP) is 2.81. The first kappa shape index (κ1) is 19.9. The fourth-order valence-corrected chi connectivity index (χ4v) is 2.76. The summed E-state index contributed by atoms with van der Waals surface area (Å²) in [6.45, 7) is 12.0. The zero-order chi connectivity index (χ0) is 19.1. The molecule has 0 aliphatic carbocycles. The number of carbonyl (C=O) groups excluding carboxylic acids is 1. The number of amides is 1. The highest BCUT2D eigenvalue weighted by atomic mass is 16.5. The maximum Gasteiger partial charge on any atom is 0.251 e. The molecule has 142 valence electrons. The van der Waals surface area contributed by atoms with E-state index in [-0.39, 0.29) is 12.5 Å². The van der Waals surface area contributed by atoms with Gasteiger partial charge in [-0.05, 0) is 52.0 Å². The summed E-state index contributed by atoms with van der Waals surface area (Å²) < 4.78 is 10.5. The lowest BCUT2D eigenvalue weighted by Crippen LogP contribution is -2.42. The third-order valence-electron chi connectivity index (χ3n) is 4.04. The van der Waals surface area contributed by atoms with Crippen molar-refractivity contribution in [2.24, 2.45) is 0 Å². The van der Waals surface area contributed by atoms with Crippen LogP contribution in [0.5, 0.6) is 5.75 Å². The van der Waals surface area contributed by atoms with Gasteiger partial charge in [-0.1, -0.05) is 5.16 Å². The molecule has 2 aromatic rings. The van der Waals surface area contributed by atoms with Gasteiger partial charge in [0.1, 0.15) is 5.75 Å². The molecule has 0 spiro atoms. The van der Waals surface area contributed by atoms with Crippen LogP contribution in [0.15, 0.2) is 28.8 Å². The number of ether oxygens (including phenoxy) is 1. The molecule has 0 radical (unpaired) electrons. The van der Waals surface area contributed by atoms with Crippen molar-refractivity contribution in [2.45, 2.75) is 53.3 Å². The van der Waals surface area contributed by atoms with Gasteiger partial charge >= 0.3 is 0 Å². The van der Waals surface area contributed by atoms with E-state index in [2.05, 4.69) is 48.1 Å². The second kappa shape index (κ2) is 9.33. The zero-order valence-corrected chi connectivity index (χ0v) is 16.2. The second-order valence-electron chi connectivity index (χ2n) is 6.72. The van der Waals surface area contributed by atoms with Gasteiger partial charge in [0.25, 0.3) is 5.91 Å². The molecule has 0 unspecified atom stereocenters. The van der Waals surface area contributed by atoms with Crippen molar-refractivity contribution in [1.29, 1.82) is 0 Å². The number of hydrogen-bond donors (Lipinski definition) is 1. The van der Waals surface area contributed by atoms with Gasteiger partial charge in [0.15, 0.2) is 6.61 Å². The van der Waals surface area contributed by atoms with Crippen LogP contribution in [0.2, 0.25) is 0 Å². The Morgan fingerprint density at radius 3 is 2.38 bits per heavy atom. The summed E-state index contributed by atoms with van der Waals surface area (Å²) in [6.07, 6.45) is 0. The normalized spacial score (nSPS) is 11.4. The van der Waals surface area contributed by atoms with Gasteiger partial charge in [-0.25, -0.2) is 0 Å². The third kappa shape index (κ3) is 5.84. The van der Waals surface area contributed by atoms with Crippen LogP contribution in [0.3, 0.4) is 0 Å². The Kier molecular flexibility index (Phi) is 7.15. The van der Waals surface area contributed by atoms with Gasteiger partial charge in [-0.2, -0.15) is 4.98 Å². The van der Waals surface area contributed by atoms with Crippen molar-refractivity contribution in [2.75, 3.05) is 13.1 Å². The largest absolute Gasteiger partial charge is 0.485 e. The number of aryl methyl sites for hydroxylation is 1. The number of nitrogens with one attached hydrogen (secondary N) is 1. The summed E-state index contributed by atoms with van der Waals surface area (Å²) in [5.41, 5.74) is 0.605. The van der Waals surface area contributed by atoms with E-state index in [1.54, 1.807) is 31.2 Å². The number of aromatic nitrogens is 2. The molecule has 0 fully saturated rings. The highest BCUT2D eigenvalue weighted by Gasteiger charge is 2.13. The first-order valence-corrected chi connectivity index (χ1v) is 8.92. The number of rotatable bonds is 9. The Balaban J connectivity index is 1.80. The number of benzene rings is 1. The van der Waals surface area contributed by atoms with Gasteiger partial charge in [0.05, 0.1) is 0 Å². The molecule has 7 heteroatoms. The van der Waals surface area contributed by atoms with E-state index in [9.17, 15) is 4.79 Å². The highest BCUT2D eigenvalue weighted by molar-refractivity contribution is 5.94. The SMILES string of the molecule is Cc1nc(COc2ccc(C(=O)NCCN(C(C)C)C(C)C)cc2)no1. The Hall–Kier alpha value is -2.41. The molecule has 1 heterocycles. The topological polar surface area (TPSA) is 80.5 Å². The number of nitrogens with zero attached hydrogens (tertiary/aromatic N) is 3. The van der Waals surface area contributed by atoms with Crippen LogP contribution in [0.25, 0.3) is 0 Å². The van der Waals surface area contributed by atoms with E-state index in [1.807, 2.05) is 0 Å². The molecule has 0 saturated heterocycles. The Bertz CT molecular complexity index is 687. The van der Waals surface area contributed by atoms with E-state index in [0.29, 0.717) is 41.7 Å². The molecule has 1 amide bonds. The average molecular weight is 360 g/mol. The molecule has 1 N–H and O–H groups in total. The lowest BCUT2D eigenvalue weighted by Gasteiger charge is -2.30. The summed E-state index contributed by atoms with van der Waals surface area (Å²) in [4.78, 5) is 18.7. The summed E-state index contributed by atoms with van der Waals surface area (Å²) in [5.74, 6) is 1.56. The van der Waals surface area contributed by atoms with E-state index in [4.69, 9.17) is 9.26 Å². The van der Waals surface area contributed by atoms with E-state index in [0.717, 1.165) is 6.54 Å². The van der Waals surface area contributed by atoms with Crippen LogP contribution in [0, 0.1) is 6.92 Å². The molecule has 0 bridgehead atoms. The van der Waals surface area contributed by atoms with Gasteiger partial charge in [0.2, 0.25) is 11.7 Å². The molecule has 0 aliphatic rings. The summed E-state index contributed by atoms with van der Waals surface area (Å²) in [7, 11) is 0. The average Bonchev–Trinajstić information content (AvgIpc) is 3.02. The van der Waals surface area contributed by atoms with Crippen LogP contribution >= 0.6 is 0 Å². The first-order valence-electron chi connectivity index (χ1n) is 8.92. The van der Waals surface area contributed by atoms with E-state index < -0.39 is 0 Å². The molecule has 2 rings (SSSR count). The van der Waals surface area contributed by atoms with Crippen molar-refractivity contribution < 1.29 is 14.1 Å². The van der Waals surface area contributed by atoms with Crippen molar-refractivity contribution in [1.82, 2.24) is 20.4 Å². The fraction of sp³-hybridized carbons (Fsp3) is 0.526. The Morgan fingerprint density at radius 2 is 1.85 bits per heavy atom. The van der Waals surface area contributed by atoms with Crippen molar-refractivity contribution in [3.8, 4) is 5.75 Å². The van der Waals surface area contributed by atoms with Crippen LogP contribution in [0.1, 0.15) is 49.8 Å². The Labute approximate surface area is 154 Å². The van der Waals surface area contributed by atoms with Crippen molar-refractivity contribution in [3.05, 3.63) is 41.5 Å². The molecule has 7 nitrogen and oxygen atoms in total. The summed E-state index contributed by atoms with van der Waals surface area (Å²) >= 11 is 0. The third-order valence-corrected chi connectivity index (χ3v) is 4.04. The lowest BCUT2D eigenvalue weighted by molar-refractivity contribution is 0.0939. The molecule has 0 atom stereocenters. The van der Waals surface area contributed by atoms with Crippen LogP contribution < -0.4 is 10.1 Å². The molecule has 26 heavy (non-hydrogen) atoms. The monoisotopic (exact) mass is 360 g/mol. The Morgan fingerprint density at radius 1 is 1.19 bits per heavy atom. The quantitative estimate of drug-likeness (QED) is 0.741. The van der Waals surface area contributed by atoms with Crippen molar-refractivity contribution >= 4 is 5.91 Å². The smallest absolute Gasteiger partial charge is 0.251 e. The van der Waals surface area contributed by atoms with Crippen LogP contribution in [-0.4, -0.2) is 46.1 Å². The molecular formula is C19H28N4O3. The second-order valence-corrected chi connectivity index (χ2v) is 6.72. The van der Waals surface area contributed by atoms with Crippen molar-refractivity contribution in [3.63, 3.8) is 0 Å². The van der Waals surface area contributed by atoms with E-state index in [1.165, 1.54) is 0 Å². The van der Waals surface area contributed by atoms with Gasteiger partial charge in [0, 0.05) is 37.7 Å². The zero-order valence-electron chi connectivity index (χ0n) is 16.2. The number of hydrogen-bond acceptors (Lipinski definition) is 6. The molecule has 1 aromatic heterocycles. The minimum atomic E-state index is -0.0854. The van der Waals surface area contributed by atoms with Gasteiger partial charge < -0.3 is 14.6 Å². The minimum absolute atomic E-state index is 0.0854. The fourth-order valence-electron chi connectivity index (χ4n) is 2.76. The minimum Gasteiger partial charge on any atom is -0.485 e. The maximum absolute atomic E-state index is 12.3. The predicted molar refractivity (Wildman–Crippen MR) is 99.1 cm³/mol. The highest BCUT2D eigenvalue weighted by Crippen LogP contribution is 2.13. The molecule has 0 aliphatic heterocycles. The number of carbonyl (C=O) groups is 1. The first-order chi connectivity index (χ1) is 12.4.